The molecule has 0 aromatic heterocycles. The number of hydrogen-bond donors (Lipinski definition) is 0. The van der Waals surface area contributed by atoms with Gasteiger partial charge in [0.05, 0.1) is 0 Å². The second-order valence-corrected chi connectivity index (χ2v) is 62.3. The van der Waals surface area contributed by atoms with Crippen molar-refractivity contribution in [3.63, 3.8) is 0 Å². The van der Waals surface area contributed by atoms with Gasteiger partial charge in [0.1, 0.15) is 0 Å². The molecular formula is C48H58Cl2Hf2Si2. The van der Waals surface area contributed by atoms with Gasteiger partial charge in [-0.15, -0.1) is 24.8 Å². The van der Waals surface area contributed by atoms with Crippen LogP contribution in [-0.4, -0.2) is 11.0 Å². The van der Waals surface area contributed by atoms with Crippen LogP contribution in [-0.2, 0) is 53.0 Å². The van der Waals surface area contributed by atoms with Crippen molar-refractivity contribution >= 4 is 42.4 Å². The fourth-order valence-corrected chi connectivity index (χ4v) is 61.1. The molecule has 0 N–H and O–H groups in total. The molecule has 280 valence electrons. The van der Waals surface area contributed by atoms with Crippen molar-refractivity contribution in [1.82, 2.24) is 0 Å². The molecule has 4 aromatic rings. The van der Waals surface area contributed by atoms with Crippen LogP contribution >= 0.6 is 24.8 Å². The normalized spacial score (nSPS) is 16.8. The molecule has 4 aliphatic rings. The molecule has 0 saturated heterocycles. The Bertz CT molecular complexity index is 2090. The third kappa shape index (κ3) is 8.28. The molecule has 0 aliphatic heterocycles. The van der Waals surface area contributed by atoms with E-state index in [1.54, 1.807) is 22.3 Å². The van der Waals surface area contributed by atoms with Crippen LogP contribution in [0, 0.1) is 11.8 Å². The van der Waals surface area contributed by atoms with E-state index in [1.807, 2.05) is 13.3 Å². The van der Waals surface area contributed by atoms with Gasteiger partial charge in [-0.3, -0.25) is 0 Å². The van der Waals surface area contributed by atoms with E-state index in [1.165, 1.54) is 59.1 Å². The molecule has 0 saturated carbocycles. The molecule has 4 aliphatic carbocycles. The molecule has 0 amide bonds. The van der Waals surface area contributed by atoms with Crippen LogP contribution in [0.1, 0.15) is 75.6 Å². The van der Waals surface area contributed by atoms with Gasteiger partial charge in [-0.1, -0.05) is 0 Å². The summed E-state index contributed by atoms with van der Waals surface area (Å²) in [7, 11) is 0. The molecule has 6 heteroatoms. The summed E-state index contributed by atoms with van der Waals surface area (Å²) < 4.78 is 7.54. The Kier molecular flexibility index (Phi) is 15.7. The van der Waals surface area contributed by atoms with E-state index < -0.39 is 40.1 Å². The van der Waals surface area contributed by atoms with Gasteiger partial charge in [0.15, 0.2) is 0 Å². The van der Waals surface area contributed by atoms with Gasteiger partial charge in [0, 0.05) is 0 Å². The van der Waals surface area contributed by atoms with E-state index in [4.69, 9.17) is 0 Å². The van der Waals surface area contributed by atoms with E-state index in [9.17, 15) is 0 Å². The van der Waals surface area contributed by atoms with Gasteiger partial charge in [0.2, 0.25) is 0 Å². The summed E-state index contributed by atoms with van der Waals surface area (Å²) in [5.41, 5.74) is 15.3. The number of rotatable bonds is 8. The van der Waals surface area contributed by atoms with Gasteiger partial charge in [0.25, 0.3) is 0 Å². The molecule has 0 spiro atoms. The zero-order chi connectivity index (χ0) is 36.5. The molecule has 4 aromatic carbocycles. The molecule has 0 bridgehead atoms. The molecule has 8 rings (SSSR count). The van der Waals surface area contributed by atoms with Gasteiger partial charge in [-0.2, -0.15) is 0 Å². The van der Waals surface area contributed by atoms with Crippen LogP contribution in [0.2, 0.25) is 26.2 Å². The summed E-state index contributed by atoms with van der Waals surface area (Å²) in [5.74, 6) is 1.46. The first-order chi connectivity index (χ1) is 25.3. The first kappa shape index (κ1) is 43.7. The molecule has 2 atom stereocenters. The minimum atomic E-state index is -2.06. The first-order valence-corrected chi connectivity index (χ1v) is 42.9. The van der Waals surface area contributed by atoms with Gasteiger partial charge >= 0.3 is 334 Å². The van der Waals surface area contributed by atoms with E-state index in [2.05, 4.69) is 163 Å². The summed E-state index contributed by atoms with van der Waals surface area (Å²) in [5, 5.41) is 0. The van der Waals surface area contributed by atoms with E-state index >= 15 is 0 Å². The largest absolute Gasteiger partial charge is 0.147 e. The molecular weight excluding hydrogens is 1060 g/mol. The molecule has 0 radical (unpaired) electrons. The summed E-state index contributed by atoms with van der Waals surface area (Å²) in [6, 6.07) is 32.6. The van der Waals surface area contributed by atoms with E-state index in [-0.39, 0.29) is 35.8 Å². The van der Waals surface area contributed by atoms with Crippen molar-refractivity contribution in [2.75, 3.05) is 0 Å². The fourth-order valence-electron chi connectivity index (χ4n) is 9.45. The number of benzene rings is 4. The van der Waals surface area contributed by atoms with Crippen molar-refractivity contribution in [3.05, 3.63) is 149 Å². The zero-order valence-corrected chi connectivity index (χ0v) is 44.4. The average Bonchev–Trinajstić information content (AvgIpc) is 3.95. The summed E-state index contributed by atoms with van der Waals surface area (Å²) in [6.07, 6.45) is 17.2. The van der Waals surface area contributed by atoms with Crippen LogP contribution < -0.4 is 6.64 Å². The van der Waals surface area contributed by atoms with Crippen molar-refractivity contribution in [2.24, 2.45) is 11.8 Å². The second-order valence-electron chi connectivity index (χ2n) is 15.4. The van der Waals surface area contributed by atoms with E-state index in [0.29, 0.717) is 0 Å². The Morgan fingerprint density at radius 3 is 1.22 bits per heavy atom. The Balaban J connectivity index is 0.000000200. The Morgan fingerprint density at radius 1 is 0.500 bits per heavy atom. The van der Waals surface area contributed by atoms with Crippen molar-refractivity contribution < 1.29 is 40.1 Å². The van der Waals surface area contributed by atoms with Crippen molar-refractivity contribution in [3.8, 4) is 22.3 Å². The number of allylic oxidation sites excluding steroid dienone is 8. The Labute approximate surface area is 354 Å². The number of fused-ring (bicyclic) bond motifs is 6. The van der Waals surface area contributed by atoms with E-state index in [0.717, 1.165) is 24.7 Å². The van der Waals surface area contributed by atoms with Crippen LogP contribution in [0.15, 0.2) is 127 Å². The van der Waals surface area contributed by atoms with Crippen molar-refractivity contribution in [1.29, 1.82) is 0 Å². The third-order valence-corrected chi connectivity index (χ3v) is 60.4. The Morgan fingerprint density at radius 2 is 0.870 bits per heavy atom. The fraction of sp³-hybridized carbons (Fsp3) is 0.333. The molecule has 0 nitrogen and oxygen atoms in total. The summed E-state index contributed by atoms with van der Waals surface area (Å²) in [6.45, 7) is 19.8. The minimum Gasteiger partial charge on any atom is -0.147 e. The molecule has 0 fully saturated rings. The molecule has 54 heavy (non-hydrogen) atoms. The number of hydrogen-bond acceptors (Lipinski definition) is 0. The maximum atomic E-state index is 2.60. The Hall–Kier alpha value is -1.41. The predicted molar refractivity (Wildman–Crippen MR) is 239 cm³/mol. The smallest absolute Gasteiger partial charge is 0.147 e. The standard InChI is InChI=1S/2C13H9.2C9H13.2C2H6Si.2ClH.2Hf/c2*1-3-7-12-10(5-1)9-11-6-2-4-8-13(11)12;2*1-3-8-5-6-9(4-2)7-8;2*1-3-2;;;;/h2*1-5,7-8H,9H2;2*5-6,8H,3-4H2,1-2H3;2*1-2H3;2*1H;;. The third-order valence-electron chi connectivity index (χ3n) is 11.9. The maximum absolute atomic E-state index is 2.60. The van der Waals surface area contributed by atoms with Crippen LogP contribution in [0.5, 0.6) is 0 Å². The second kappa shape index (κ2) is 19.4. The summed E-state index contributed by atoms with van der Waals surface area (Å²) in [4.78, 5) is 0. The predicted octanol–water partition coefficient (Wildman–Crippen LogP) is 12.9. The zero-order valence-electron chi connectivity index (χ0n) is 33.6. The van der Waals surface area contributed by atoms with Crippen molar-refractivity contribution in [2.45, 2.75) is 92.4 Å². The van der Waals surface area contributed by atoms with Crippen LogP contribution in [0.25, 0.3) is 22.3 Å². The van der Waals surface area contributed by atoms with Crippen LogP contribution in [0.4, 0.5) is 0 Å². The van der Waals surface area contributed by atoms with Crippen LogP contribution in [0.3, 0.4) is 0 Å². The minimum absolute atomic E-state index is 0. The maximum Gasteiger partial charge on any atom is -0.147 e. The molecule has 0 heterocycles. The topological polar surface area (TPSA) is 0 Å². The quantitative estimate of drug-likeness (QED) is 0.133. The van der Waals surface area contributed by atoms with Gasteiger partial charge in [-0.05, 0) is 0 Å². The SMILES string of the molecule is CCC1=[C]([Hf]([c]2cccc3c2Cc2ccccc2-3)=[Si](C)C)C(CC)C=C1.CCC1=[C]([Hf]([c]2cccc3c2Cc2ccccc2-3)=[Si](C)C)C(CC)C=C1.Cl.Cl. The summed E-state index contributed by atoms with van der Waals surface area (Å²) >= 11 is -4.12. The average molecular weight is 1120 g/mol. The monoisotopic (exact) mass is 1120 g/mol. The van der Waals surface area contributed by atoms with Gasteiger partial charge < -0.3 is 0 Å². The first-order valence-electron chi connectivity index (χ1n) is 19.9. The van der Waals surface area contributed by atoms with Gasteiger partial charge in [-0.25, -0.2) is 0 Å². The number of halogens is 2. The molecule has 2 unspecified atom stereocenters.